The fourth-order valence-electron chi connectivity index (χ4n) is 0.281. The summed E-state index contributed by atoms with van der Waals surface area (Å²) in [6.45, 7) is 1.86. The van der Waals surface area contributed by atoms with Crippen molar-refractivity contribution < 1.29 is 0 Å². The molecule has 0 aromatic heterocycles. The summed E-state index contributed by atoms with van der Waals surface area (Å²) in [5, 5.41) is 1.65. The fraction of sp³-hybridized carbons (Fsp3) is 0.400. The van der Waals surface area contributed by atoms with Gasteiger partial charge < -0.3 is 0 Å². The van der Waals surface area contributed by atoms with E-state index in [1.165, 1.54) is 0 Å². The third kappa shape index (κ3) is 3.16. The molecule has 0 aliphatic heterocycles. The Morgan fingerprint density at radius 3 is 2.50 bits per heavy atom. The molecular weight excluding hydrogens is 138 g/mol. The number of nitrogens with zero attached hydrogens (tertiary/aromatic N) is 1. The molecular formula is C5H9NS2. The number of hydrogen-bond acceptors (Lipinski definition) is 3. The van der Waals surface area contributed by atoms with Crippen molar-refractivity contribution in [2.45, 2.75) is 6.92 Å². The molecule has 0 unspecified atom stereocenters. The first kappa shape index (κ1) is 8.11. The highest BCUT2D eigenvalue weighted by atomic mass is 32.1. The summed E-state index contributed by atoms with van der Waals surface area (Å²) in [6.07, 6.45) is 1.72. The monoisotopic (exact) mass is 147 g/mol. The molecule has 0 bridgehead atoms. The summed E-state index contributed by atoms with van der Waals surface area (Å²) in [6, 6.07) is 0. The second-order valence-electron chi connectivity index (χ2n) is 1.17. The van der Waals surface area contributed by atoms with Gasteiger partial charge in [0, 0.05) is 12.0 Å². The van der Waals surface area contributed by atoms with Gasteiger partial charge in [0.05, 0.1) is 5.70 Å². The molecule has 0 saturated heterocycles. The average molecular weight is 147 g/mol. The van der Waals surface area contributed by atoms with Crippen molar-refractivity contribution >= 4 is 31.5 Å². The van der Waals surface area contributed by atoms with E-state index in [9.17, 15) is 0 Å². The molecule has 8 heavy (non-hydrogen) atoms. The van der Waals surface area contributed by atoms with Gasteiger partial charge in [-0.2, -0.15) is 12.6 Å². The van der Waals surface area contributed by atoms with Gasteiger partial charge in [-0.15, -0.1) is 12.6 Å². The SMILES string of the molecule is CC=N/C(=C\S)CS. The lowest BCUT2D eigenvalue weighted by Gasteiger charge is -1.88. The topological polar surface area (TPSA) is 12.4 Å². The summed E-state index contributed by atoms with van der Waals surface area (Å²) >= 11 is 7.90. The maximum atomic E-state index is 4.00. The van der Waals surface area contributed by atoms with E-state index in [1.807, 2.05) is 6.92 Å². The molecule has 0 heterocycles. The van der Waals surface area contributed by atoms with Crippen LogP contribution in [0.3, 0.4) is 0 Å². The van der Waals surface area contributed by atoms with E-state index in [1.54, 1.807) is 11.6 Å². The zero-order valence-corrected chi connectivity index (χ0v) is 6.49. The van der Waals surface area contributed by atoms with Gasteiger partial charge in [-0.1, -0.05) is 0 Å². The molecule has 0 aromatic rings. The molecule has 0 radical (unpaired) electrons. The van der Waals surface area contributed by atoms with Crippen molar-refractivity contribution in [3.8, 4) is 0 Å². The highest BCUT2D eigenvalue weighted by Crippen LogP contribution is 1.98. The van der Waals surface area contributed by atoms with Crippen molar-refractivity contribution in [1.29, 1.82) is 0 Å². The Kier molecular flexibility index (Phi) is 5.32. The van der Waals surface area contributed by atoms with E-state index in [2.05, 4.69) is 30.2 Å². The Bertz CT molecular complexity index is 104. The van der Waals surface area contributed by atoms with Gasteiger partial charge in [0.1, 0.15) is 0 Å². The third-order valence-corrected chi connectivity index (χ3v) is 1.23. The average Bonchev–Trinajstić information content (AvgIpc) is 1.83. The lowest BCUT2D eigenvalue weighted by Crippen LogP contribution is -1.76. The molecule has 46 valence electrons. The minimum absolute atomic E-state index is 0.647. The van der Waals surface area contributed by atoms with Gasteiger partial charge in [0.15, 0.2) is 0 Å². The van der Waals surface area contributed by atoms with Crippen LogP contribution in [0.15, 0.2) is 16.1 Å². The predicted octanol–water partition coefficient (Wildman–Crippen LogP) is 1.78. The molecule has 0 fully saturated rings. The number of rotatable bonds is 2. The summed E-state index contributed by atoms with van der Waals surface area (Å²) in [5.74, 6) is 0.647. The van der Waals surface area contributed by atoms with Gasteiger partial charge in [-0.05, 0) is 12.3 Å². The van der Waals surface area contributed by atoms with E-state index in [-0.39, 0.29) is 0 Å². The second-order valence-corrected chi connectivity index (χ2v) is 1.74. The highest BCUT2D eigenvalue weighted by Gasteiger charge is 1.82. The van der Waals surface area contributed by atoms with Crippen LogP contribution in [-0.2, 0) is 0 Å². The van der Waals surface area contributed by atoms with Crippen LogP contribution in [-0.4, -0.2) is 12.0 Å². The molecule has 3 heteroatoms. The Hall–Kier alpha value is 0.110. The maximum Gasteiger partial charge on any atom is 0.0556 e. The van der Waals surface area contributed by atoms with E-state index >= 15 is 0 Å². The van der Waals surface area contributed by atoms with Crippen LogP contribution in [0.25, 0.3) is 0 Å². The van der Waals surface area contributed by atoms with Crippen LogP contribution < -0.4 is 0 Å². The molecule has 0 spiro atoms. The van der Waals surface area contributed by atoms with Gasteiger partial charge in [0.2, 0.25) is 0 Å². The molecule has 0 saturated carbocycles. The van der Waals surface area contributed by atoms with E-state index in [0.29, 0.717) is 5.75 Å². The minimum Gasteiger partial charge on any atom is -0.265 e. The molecule has 0 aliphatic carbocycles. The lowest BCUT2D eigenvalue weighted by molar-refractivity contribution is 1.35. The first-order valence-corrected chi connectivity index (χ1v) is 3.42. The van der Waals surface area contributed by atoms with Crippen molar-refractivity contribution in [2.24, 2.45) is 4.99 Å². The molecule has 0 atom stereocenters. The Morgan fingerprint density at radius 2 is 2.38 bits per heavy atom. The zero-order valence-electron chi connectivity index (χ0n) is 4.70. The first-order valence-electron chi connectivity index (χ1n) is 2.28. The largest absolute Gasteiger partial charge is 0.265 e. The first-order chi connectivity index (χ1) is 3.85. The molecule has 0 aromatic carbocycles. The number of thiol groups is 2. The van der Waals surface area contributed by atoms with Crippen LogP contribution in [0.4, 0.5) is 0 Å². The quantitative estimate of drug-likeness (QED) is 0.436. The van der Waals surface area contributed by atoms with Gasteiger partial charge in [0.25, 0.3) is 0 Å². The minimum atomic E-state index is 0.647. The van der Waals surface area contributed by atoms with Gasteiger partial charge in [-0.25, -0.2) is 0 Å². The predicted molar refractivity (Wildman–Crippen MR) is 45.1 cm³/mol. The van der Waals surface area contributed by atoms with Crippen LogP contribution in [0.5, 0.6) is 0 Å². The third-order valence-electron chi connectivity index (χ3n) is 0.606. The smallest absolute Gasteiger partial charge is 0.0556 e. The van der Waals surface area contributed by atoms with Crippen LogP contribution in [0.1, 0.15) is 6.92 Å². The molecule has 0 aliphatic rings. The zero-order chi connectivity index (χ0) is 6.41. The van der Waals surface area contributed by atoms with Crippen molar-refractivity contribution in [2.75, 3.05) is 5.75 Å². The van der Waals surface area contributed by atoms with Crippen molar-refractivity contribution in [3.05, 3.63) is 11.1 Å². The van der Waals surface area contributed by atoms with Gasteiger partial charge >= 0.3 is 0 Å². The number of hydrogen-bond donors (Lipinski definition) is 2. The van der Waals surface area contributed by atoms with E-state index in [0.717, 1.165) is 5.70 Å². The normalized spacial score (nSPS) is 13.1. The summed E-state index contributed by atoms with van der Waals surface area (Å²) in [4.78, 5) is 3.94. The van der Waals surface area contributed by atoms with Gasteiger partial charge in [-0.3, -0.25) is 4.99 Å². The second kappa shape index (κ2) is 5.25. The van der Waals surface area contributed by atoms with E-state index < -0.39 is 0 Å². The number of aliphatic imine (C=N–C) groups is 1. The maximum absolute atomic E-state index is 4.00. The van der Waals surface area contributed by atoms with E-state index in [4.69, 9.17) is 0 Å². The molecule has 0 N–H and O–H groups in total. The Balaban J connectivity index is 3.72. The fourth-order valence-corrected chi connectivity index (χ4v) is 0.756. The summed E-state index contributed by atoms with van der Waals surface area (Å²) < 4.78 is 0. The van der Waals surface area contributed by atoms with Crippen LogP contribution >= 0.6 is 25.3 Å². The summed E-state index contributed by atoms with van der Waals surface area (Å²) in [7, 11) is 0. The van der Waals surface area contributed by atoms with Crippen LogP contribution in [0.2, 0.25) is 0 Å². The molecule has 0 rings (SSSR count). The van der Waals surface area contributed by atoms with Crippen molar-refractivity contribution in [3.63, 3.8) is 0 Å². The standard InChI is InChI=1S/C5H9NS2/c1-2-6-5(3-7)4-8/h2-3,7-8H,4H2,1H3/b5-3-,6-2?. The van der Waals surface area contributed by atoms with Crippen LogP contribution in [0, 0.1) is 0 Å². The summed E-state index contributed by atoms with van der Waals surface area (Å²) in [5.41, 5.74) is 0.888. The Labute approximate surface area is 60.7 Å². The lowest BCUT2D eigenvalue weighted by atomic mass is 10.6. The van der Waals surface area contributed by atoms with Crippen molar-refractivity contribution in [1.82, 2.24) is 0 Å². The highest BCUT2D eigenvalue weighted by molar-refractivity contribution is 7.83. The molecule has 0 amide bonds. The molecule has 1 nitrogen and oxygen atoms in total. The Morgan fingerprint density at radius 1 is 1.75 bits per heavy atom.